The van der Waals surface area contributed by atoms with Crippen molar-refractivity contribution in [2.75, 3.05) is 13.7 Å². The lowest BCUT2D eigenvalue weighted by molar-refractivity contribution is 0.0596. The van der Waals surface area contributed by atoms with Crippen molar-refractivity contribution in [1.29, 1.82) is 0 Å². The van der Waals surface area contributed by atoms with Crippen LogP contribution in [0.4, 0.5) is 0 Å². The van der Waals surface area contributed by atoms with Gasteiger partial charge in [-0.3, -0.25) is 4.79 Å². The lowest BCUT2D eigenvalue weighted by atomic mass is 9.95. The first-order chi connectivity index (χ1) is 7.24. The van der Waals surface area contributed by atoms with Crippen LogP contribution >= 0.6 is 0 Å². The van der Waals surface area contributed by atoms with Crippen molar-refractivity contribution in [3.8, 4) is 0 Å². The Morgan fingerprint density at radius 1 is 1.47 bits per heavy atom. The zero-order valence-electron chi connectivity index (χ0n) is 8.37. The number of ether oxygens (including phenoxy) is 1. The van der Waals surface area contributed by atoms with Crippen molar-refractivity contribution in [2.24, 2.45) is 0 Å². The number of hydrogen-bond acceptors (Lipinski definition) is 3. The van der Waals surface area contributed by atoms with E-state index >= 15 is 0 Å². The summed E-state index contributed by atoms with van der Waals surface area (Å²) in [5, 5.41) is 2.71. The number of amides is 1. The lowest BCUT2D eigenvalue weighted by Gasteiger charge is -2.18. The molecule has 0 aliphatic carbocycles. The van der Waals surface area contributed by atoms with Gasteiger partial charge in [-0.05, 0) is 18.1 Å². The van der Waals surface area contributed by atoms with E-state index in [-0.39, 0.29) is 5.91 Å². The molecule has 0 saturated heterocycles. The molecule has 0 bridgehead atoms. The van der Waals surface area contributed by atoms with Crippen LogP contribution in [0.2, 0.25) is 0 Å². The fourth-order valence-corrected chi connectivity index (χ4v) is 1.76. The molecule has 1 heterocycles. The summed E-state index contributed by atoms with van der Waals surface area (Å²) in [6.45, 7) is 0.621. The van der Waals surface area contributed by atoms with E-state index in [0.717, 1.165) is 12.0 Å². The maximum atomic E-state index is 11.6. The third-order valence-electron chi connectivity index (χ3n) is 2.46. The topological polar surface area (TPSA) is 55.4 Å². The molecule has 0 spiro atoms. The molecule has 0 aromatic heterocycles. The highest BCUT2D eigenvalue weighted by Gasteiger charge is 2.23. The second-order valence-corrected chi connectivity index (χ2v) is 3.34. The molecule has 78 valence electrons. The van der Waals surface area contributed by atoms with E-state index in [1.165, 1.54) is 7.11 Å². The van der Waals surface area contributed by atoms with Gasteiger partial charge in [0.15, 0.2) is 0 Å². The van der Waals surface area contributed by atoms with Crippen molar-refractivity contribution in [2.45, 2.75) is 6.42 Å². The number of nitrogens with one attached hydrogen (secondary N) is 1. The number of rotatable bonds is 1. The van der Waals surface area contributed by atoms with Crippen molar-refractivity contribution >= 4 is 11.9 Å². The Morgan fingerprint density at radius 3 is 3.00 bits per heavy atom. The molecule has 0 atom stereocenters. The molecular weight excluding hydrogens is 194 g/mol. The van der Waals surface area contributed by atoms with Gasteiger partial charge in [-0.25, -0.2) is 4.79 Å². The molecule has 1 amide bonds. The SMILES string of the molecule is COC(=O)c1cccc2c1C(=O)NCC2. The summed E-state index contributed by atoms with van der Waals surface area (Å²) in [6, 6.07) is 5.24. The van der Waals surface area contributed by atoms with Crippen LogP contribution < -0.4 is 5.32 Å². The molecule has 15 heavy (non-hydrogen) atoms. The second-order valence-electron chi connectivity index (χ2n) is 3.34. The van der Waals surface area contributed by atoms with Crippen LogP contribution in [0.3, 0.4) is 0 Å². The smallest absolute Gasteiger partial charge is 0.338 e. The third kappa shape index (κ3) is 1.58. The van der Waals surface area contributed by atoms with Crippen molar-refractivity contribution < 1.29 is 14.3 Å². The van der Waals surface area contributed by atoms with Crippen molar-refractivity contribution in [3.63, 3.8) is 0 Å². The fraction of sp³-hybridized carbons (Fsp3) is 0.273. The number of carbonyl (C=O) groups is 2. The van der Waals surface area contributed by atoms with Crippen molar-refractivity contribution in [3.05, 3.63) is 34.9 Å². The van der Waals surface area contributed by atoms with E-state index in [2.05, 4.69) is 10.1 Å². The Balaban J connectivity index is 2.56. The summed E-state index contributed by atoms with van der Waals surface area (Å²) >= 11 is 0. The average Bonchev–Trinajstić information content (AvgIpc) is 2.28. The molecule has 1 aliphatic heterocycles. The fourth-order valence-electron chi connectivity index (χ4n) is 1.76. The summed E-state index contributed by atoms with van der Waals surface area (Å²) < 4.78 is 4.63. The first-order valence-electron chi connectivity index (χ1n) is 4.72. The van der Waals surface area contributed by atoms with Gasteiger partial charge in [-0.1, -0.05) is 12.1 Å². The highest BCUT2D eigenvalue weighted by molar-refractivity contribution is 6.07. The van der Waals surface area contributed by atoms with Gasteiger partial charge < -0.3 is 10.1 Å². The molecule has 0 fully saturated rings. The van der Waals surface area contributed by atoms with E-state index in [1.54, 1.807) is 12.1 Å². The molecule has 0 radical (unpaired) electrons. The average molecular weight is 205 g/mol. The Bertz CT molecular complexity index is 426. The van der Waals surface area contributed by atoms with Gasteiger partial charge in [0, 0.05) is 6.54 Å². The minimum absolute atomic E-state index is 0.197. The van der Waals surface area contributed by atoms with Gasteiger partial charge in [0.1, 0.15) is 0 Å². The van der Waals surface area contributed by atoms with E-state index in [0.29, 0.717) is 17.7 Å². The molecule has 1 aliphatic rings. The van der Waals surface area contributed by atoms with Crippen LogP contribution in [0.15, 0.2) is 18.2 Å². The highest BCUT2D eigenvalue weighted by atomic mass is 16.5. The summed E-state index contributed by atoms with van der Waals surface area (Å²) in [4.78, 5) is 23.0. The van der Waals surface area contributed by atoms with Crippen LogP contribution in [0.5, 0.6) is 0 Å². The van der Waals surface area contributed by atoms with E-state index in [4.69, 9.17) is 0 Å². The molecule has 1 aromatic rings. The third-order valence-corrected chi connectivity index (χ3v) is 2.46. The molecule has 4 heteroatoms. The number of fused-ring (bicyclic) bond motifs is 1. The molecule has 1 N–H and O–H groups in total. The minimum Gasteiger partial charge on any atom is -0.465 e. The van der Waals surface area contributed by atoms with Gasteiger partial charge in [-0.15, -0.1) is 0 Å². The standard InChI is InChI=1S/C11H11NO3/c1-15-11(14)8-4-2-3-7-5-6-12-10(13)9(7)8/h2-4H,5-6H2,1H3,(H,12,13). The zero-order valence-corrected chi connectivity index (χ0v) is 8.37. The maximum Gasteiger partial charge on any atom is 0.338 e. The number of esters is 1. The van der Waals surface area contributed by atoms with Crippen LogP contribution in [-0.2, 0) is 11.2 Å². The normalized spacial score (nSPS) is 14.1. The predicted octanol–water partition coefficient (Wildman–Crippen LogP) is 0.759. The molecular formula is C11H11NO3. The second kappa shape index (κ2) is 3.73. The quantitative estimate of drug-likeness (QED) is 0.688. The van der Waals surface area contributed by atoms with E-state index < -0.39 is 5.97 Å². The Hall–Kier alpha value is -1.84. The van der Waals surface area contributed by atoms with Gasteiger partial charge in [0.2, 0.25) is 0 Å². The molecule has 2 rings (SSSR count). The molecule has 4 nitrogen and oxygen atoms in total. The first kappa shape index (κ1) is 9.71. The zero-order chi connectivity index (χ0) is 10.8. The van der Waals surface area contributed by atoms with E-state index in [1.807, 2.05) is 6.07 Å². The maximum absolute atomic E-state index is 11.6. The van der Waals surface area contributed by atoms with Gasteiger partial charge in [0.25, 0.3) is 5.91 Å². The number of methoxy groups -OCH3 is 1. The summed E-state index contributed by atoms with van der Waals surface area (Å²) in [6.07, 6.45) is 0.756. The Labute approximate surface area is 87.2 Å². The van der Waals surface area contributed by atoms with Gasteiger partial charge in [-0.2, -0.15) is 0 Å². The number of hydrogen-bond donors (Lipinski definition) is 1. The van der Waals surface area contributed by atoms with Crippen molar-refractivity contribution in [1.82, 2.24) is 5.32 Å². The van der Waals surface area contributed by atoms with Crippen LogP contribution in [0, 0.1) is 0 Å². The monoisotopic (exact) mass is 205 g/mol. The Kier molecular flexibility index (Phi) is 2.41. The largest absolute Gasteiger partial charge is 0.465 e. The van der Waals surface area contributed by atoms with Gasteiger partial charge in [0.05, 0.1) is 18.2 Å². The van der Waals surface area contributed by atoms with Gasteiger partial charge >= 0.3 is 5.97 Å². The number of carbonyl (C=O) groups excluding carboxylic acids is 2. The molecule has 1 aromatic carbocycles. The predicted molar refractivity (Wildman–Crippen MR) is 53.8 cm³/mol. The summed E-state index contributed by atoms with van der Waals surface area (Å²) in [7, 11) is 1.31. The van der Waals surface area contributed by atoms with Crippen LogP contribution in [-0.4, -0.2) is 25.5 Å². The minimum atomic E-state index is -0.469. The van der Waals surface area contributed by atoms with Crippen LogP contribution in [0.25, 0.3) is 0 Å². The molecule has 0 saturated carbocycles. The number of benzene rings is 1. The first-order valence-corrected chi connectivity index (χ1v) is 4.72. The highest BCUT2D eigenvalue weighted by Crippen LogP contribution is 2.19. The summed E-state index contributed by atoms with van der Waals surface area (Å²) in [5.41, 5.74) is 1.70. The molecule has 0 unspecified atom stereocenters. The van der Waals surface area contributed by atoms with Crippen LogP contribution in [0.1, 0.15) is 26.3 Å². The Morgan fingerprint density at radius 2 is 2.27 bits per heavy atom. The van der Waals surface area contributed by atoms with E-state index in [9.17, 15) is 9.59 Å². The summed E-state index contributed by atoms with van der Waals surface area (Å²) in [5.74, 6) is -0.666. The lowest BCUT2D eigenvalue weighted by Crippen LogP contribution is -2.33.